The van der Waals surface area contributed by atoms with E-state index in [0.29, 0.717) is 10.1 Å². The van der Waals surface area contributed by atoms with Crippen LogP contribution < -0.4 is 0 Å². The molecule has 79 valence electrons. The summed E-state index contributed by atoms with van der Waals surface area (Å²) in [6.07, 6.45) is 1.13. The normalized spacial score (nSPS) is 13.8. The molecule has 0 spiro atoms. The maximum atomic E-state index is 6.02. The average Bonchev–Trinajstić information content (AvgIpc) is 1.81. The van der Waals surface area contributed by atoms with Crippen molar-refractivity contribution in [1.82, 2.24) is 0 Å². The molecule has 0 amide bonds. The van der Waals surface area contributed by atoms with Gasteiger partial charge in [-0.15, -0.1) is 0 Å². The summed E-state index contributed by atoms with van der Waals surface area (Å²) in [6, 6.07) is 0. The first kappa shape index (κ1) is 13.2. The van der Waals surface area contributed by atoms with Crippen molar-refractivity contribution < 1.29 is 4.43 Å². The van der Waals surface area contributed by atoms with Crippen LogP contribution in [0.1, 0.15) is 54.9 Å². The zero-order valence-corrected chi connectivity index (χ0v) is 11.3. The molecule has 13 heavy (non-hydrogen) atoms. The lowest BCUT2D eigenvalue weighted by Crippen LogP contribution is -2.38. The zero-order chi connectivity index (χ0) is 10.7. The lowest BCUT2D eigenvalue weighted by molar-refractivity contribution is 0.282. The molecule has 1 nitrogen and oxygen atoms in total. The van der Waals surface area contributed by atoms with E-state index in [1.807, 2.05) is 0 Å². The molecule has 0 N–H and O–H groups in total. The predicted octanol–water partition coefficient (Wildman–Crippen LogP) is 4.00. The van der Waals surface area contributed by atoms with Crippen LogP contribution in [0.2, 0.25) is 10.1 Å². The van der Waals surface area contributed by atoms with Crippen molar-refractivity contribution in [1.29, 1.82) is 0 Å². The first-order valence-electron chi connectivity index (χ1n) is 5.20. The third kappa shape index (κ3) is 4.82. The molecule has 0 aliphatic rings. The Hall–Kier alpha value is 0.177. The van der Waals surface area contributed by atoms with E-state index in [2.05, 4.69) is 48.5 Å². The van der Waals surface area contributed by atoms with Gasteiger partial charge in [0.15, 0.2) is 0 Å². The largest absolute Gasteiger partial charge is 0.416 e. The van der Waals surface area contributed by atoms with Crippen LogP contribution in [0.5, 0.6) is 0 Å². The SMILES string of the molecule is CCCO[Si](C(C)(C)C)C(C)(C)C. The quantitative estimate of drug-likeness (QED) is 0.627. The molecule has 0 bridgehead atoms. The topological polar surface area (TPSA) is 9.23 Å². The van der Waals surface area contributed by atoms with Crippen LogP contribution in [0.4, 0.5) is 0 Å². The highest BCUT2D eigenvalue weighted by Crippen LogP contribution is 2.42. The second-order valence-electron chi connectivity index (χ2n) is 5.68. The predicted molar refractivity (Wildman–Crippen MR) is 61.4 cm³/mol. The number of hydrogen-bond acceptors (Lipinski definition) is 1. The second-order valence-corrected chi connectivity index (χ2v) is 9.62. The van der Waals surface area contributed by atoms with Crippen LogP contribution in [0.15, 0.2) is 0 Å². The molecule has 0 aromatic heterocycles. The van der Waals surface area contributed by atoms with Gasteiger partial charge in [0.05, 0.1) is 0 Å². The Kier molecular flexibility index (Phi) is 4.67. The first-order chi connectivity index (χ1) is 5.69. The van der Waals surface area contributed by atoms with Crippen molar-refractivity contribution in [3.8, 4) is 0 Å². The van der Waals surface area contributed by atoms with Gasteiger partial charge in [-0.3, -0.25) is 0 Å². The molecule has 0 aliphatic heterocycles. The molecule has 0 aromatic carbocycles. The van der Waals surface area contributed by atoms with Gasteiger partial charge in [0, 0.05) is 6.61 Å². The summed E-state index contributed by atoms with van der Waals surface area (Å²) >= 11 is 0. The Balaban J connectivity index is 4.39. The van der Waals surface area contributed by atoms with Gasteiger partial charge in [-0.1, -0.05) is 48.5 Å². The summed E-state index contributed by atoms with van der Waals surface area (Å²) in [7, 11) is -0.738. The molecule has 0 atom stereocenters. The smallest absolute Gasteiger partial charge is 0.222 e. The second kappa shape index (κ2) is 4.60. The van der Waals surface area contributed by atoms with Crippen LogP contribution in [0, 0.1) is 0 Å². The highest BCUT2D eigenvalue weighted by Gasteiger charge is 2.38. The fourth-order valence-corrected chi connectivity index (χ4v) is 5.29. The Bertz CT molecular complexity index is 127. The van der Waals surface area contributed by atoms with Crippen LogP contribution in [0.3, 0.4) is 0 Å². The molecule has 2 heteroatoms. The zero-order valence-electron chi connectivity index (χ0n) is 10.3. The average molecular weight is 201 g/mol. The van der Waals surface area contributed by atoms with Gasteiger partial charge in [0.1, 0.15) is 0 Å². The van der Waals surface area contributed by atoms with Crippen molar-refractivity contribution in [3.05, 3.63) is 0 Å². The third-order valence-electron chi connectivity index (χ3n) is 1.81. The van der Waals surface area contributed by atoms with E-state index in [0.717, 1.165) is 13.0 Å². The Morgan fingerprint density at radius 3 is 1.54 bits per heavy atom. The van der Waals surface area contributed by atoms with E-state index in [1.165, 1.54) is 0 Å². The minimum atomic E-state index is -0.738. The van der Waals surface area contributed by atoms with Crippen LogP contribution in [-0.4, -0.2) is 15.6 Å². The van der Waals surface area contributed by atoms with E-state index in [9.17, 15) is 0 Å². The van der Waals surface area contributed by atoms with Gasteiger partial charge in [-0.2, -0.15) is 0 Å². The molecule has 0 aromatic rings. The van der Waals surface area contributed by atoms with Crippen molar-refractivity contribution >= 4 is 9.04 Å². The molecule has 0 saturated carbocycles. The maximum Gasteiger partial charge on any atom is 0.222 e. The van der Waals surface area contributed by atoms with Crippen LogP contribution in [0.25, 0.3) is 0 Å². The lowest BCUT2D eigenvalue weighted by Gasteiger charge is -2.37. The highest BCUT2D eigenvalue weighted by atomic mass is 28.3. The molecule has 0 saturated heterocycles. The van der Waals surface area contributed by atoms with E-state index >= 15 is 0 Å². The minimum absolute atomic E-state index is 0.331. The van der Waals surface area contributed by atoms with E-state index < -0.39 is 9.04 Å². The van der Waals surface area contributed by atoms with Crippen molar-refractivity contribution in [2.24, 2.45) is 0 Å². The van der Waals surface area contributed by atoms with Crippen LogP contribution in [-0.2, 0) is 4.43 Å². The first-order valence-corrected chi connectivity index (χ1v) is 6.61. The van der Waals surface area contributed by atoms with Gasteiger partial charge in [-0.25, -0.2) is 0 Å². The summed E-state index contributed by atoms with van der Waals surface area (Å²) < 4.78 is 6.02. The molecule has 0 rings (SSSR count). The summed E-state index contributed by atoms with van der Waals surface area (Å²) in [5, 5.41) is 0.663. The Morgan fingerprint density at radius 1 is 0.923 bits per heavy atom. The molecular formula is C11H25OSi. The fourth-order valence-electron chi connectivity index (χ4n) is 1.76. The third-order valence-corrected chi connectivity index (χ3v) is 5.03. The standard InChI is InChI=1S/C11H25OSi/c1-8-9-12-13(10(2,3)4)11(5,6)7/h8-9H2,1-7H3. The van der Waals surface area contributed by atoms with Crippen molar-refractivity contribution in [2.75, 3.05) is 6.61 Å². The Morgan fingerprint density at radius 2 is 1.31 bits per heavy atom. The molecule has 1 radical (unpaired) electrons. The van der Waals surface area contributed by atoms with Gasteiger partial charge in [0.2, 0.25) is 9.04 Å². The van der Waals surface area contributed by atoms with Gasteiger partial charge in [-0.05, 0) is 16.5 Å². The van der Waals surface area contributed by atoms with E-state index in [1.54, 1.807) is 0 Å². The molecular weight excluding hydrogens is 176 g/mol. The van der Waals surface area contributed by atoms with Gasteiger partial charge >= 0.3 is 0 Å². The van der Waals surface area contributed by atoms with E-state index in [-0.39, 0.29) is 0 Å². The fraction of sp³-hybridized carbons (Fsp3) is 1.00. The van der Waals surface area contributed by atoms with Crippen molar-refractivity contribution in [3.63, 3.8) is 0 Å². The Labute approximate surface area is 85.6 Å². The maximum absolute atomic E-state index is 6.02. The molecule has 0 aliphatic carbocycles. The summed E-state index contributed by atoms with van der Waals surface area (Å²) in [5.41, 5.74) is 0. The molecule has 0 fully saturated rings. The monoisotopic (exact) mass is 201 g/mol. The van der Waals surface area contributed by atoms with Gasteiger partial charge in [0.25, 0.3) is 0 Å². The summed E-state index contributed by atoms with van der Waals surface area (Å²) in [4.78, 5) is 0. The number of hydrogen-bond donors (Lipinski definition) is 0. The summed E-state index contributed by atoms with van der Waals surface area (Å²) in [5.74, 6) is 0. The lowest BCUT2D eigenvalue weighted by atomic mass is 10.2. The summed E-state index contributed by atoms with van der Waals surface area (Å²) in [6.45, 7) is 16.9. The van der Waals surface area contributed by atoms with Crippen LogP contribution >= 0.6 is 0 Å². The number of rotatable bonds is 3. The van der Waals surface area contributed by atoms with Gasteiger partial charge < -0.3 is 4.43 Å². The van der Waals surface area contributed by atoms with E-state index in [4.69, 9.17) is 4.43 Å². The molecule has 0 unspecified atom stereocenters. The molecule has 0 heterocycles. The highest BCUT2D eigenvalue weighted by molar-refractivity contribution is 6.58. The van der Waals surface area contributed by atoms with Crippen molar-refractivity contribution in [2.45, 2.75) is 65.0 Å². The minimum Gasteiger partial charge on any atom is -0.416 e.